The van der Waals surface area contributed by atoms with Gasteiger partial charge in [0.25, 0.3) is 0 Å². The predicted molar refractivity (Wildman–Crippen MR) is 78.7 cm³/mol. The quantitative estimate of drug-likeness (QED) is 0.728. The molecule has 20 heavy (non-hydrogen) atoms. The third-order valence-electron chi connectivity index (χ3n) is 2.94. The lowest BCUT2D eigenvalue weighted by molar-refractivity contribution is 0.582. The zero-order valence-electron chi connectivity index (χ0n) is 10.5. The van der Waals surface area contributed by atoms with E-state index in [4.69, 9.17) is 0 Å². The molecule has 3 aromatic rings. The smallest absolute Gasteiger partial charge is 0.128 e. The van der Waals surface area contributed by atoms with Crippen molar-refractivity contribution in [2.75, 3.05) is 0 Å². The highest BCUT2D eigenvalue weighted by Gasteiger charge is 2.10. The zero-order chi connectivity index (χ0) is 13.9. The van der Waals surface area contributed by atoms with Crippen LogP contribution in [-0.4, -0.2) is 14.8 Å². The summed E-state index contributed by atoms with van der Waals surface area (Å²) in [5, 5.41) is 4.46. The predicted octanol–water partition coefficient (Wildman–Crippen LogP) is 3.90. The summed E-state index contributed by atoms with van der Waals surface area (Å²) in [5.41, 5.74) is 2.15. The van der Waals surface area contributed by atoms with E-state index in [9.17, 15) is 4.39 Å². The van der Waals surface area contributed by atoms with Crippen LogP contribution in [0.4, 0.5) is 4.39 Å². The standard InChI is InChI=1S/C15H11BrFN3/c16-15-9-14(13-7-3-4-8-18-13)19-20(15)10-11-5-1-2-6-12(11)17/h1-9H,10H2. The Kier molecular flexibility index (Phi) is 3.60. The maximum Gasteiger partial charge on any atom is 0.128 e. The minimum absolute atomic E-state index is 0.228. The molecule has 2 heterocycles. The average molecular weight is 332 g/mol. The van der Waals surface area contributed by atoms with E-state index in [0.29, 0.717) is 12.1 Å². The third kappa shape index (κ3) is 2.63. The summed E-state index contributed by atoms with van der Waals surface area (Å²) in [4.78, 5) is 4.26. The van der Waals surface area contributed by atoms with Gasteiger partial charge in [-0.3, -0.25) is 9.67 Å². The molecule has 0 aliphatic carbocycles. The molecule has 0 bridgehead atoms. The Labute approximate surface area is 124 Å². The van der Waals surface area contributed by atoms with Gasteiger partial charge in [0.2, 0.25) is 0 Å². The number of pyridine rings is 1. The highest BCUT2D eigenvalue weighted by Crippen LogP contribution is 2.21. The van der Waals surface area contributed by atoms with Gasteiger partial charge in [-0.15, -0.1) is 0 Å². The van der Waals surface area contributed by atoms with E-state index >= 15 is 0 Å². The minimum Gasteiger partial charge on any atom is -0.255 e. The Morgan fingerprint density at radius 1 is 1.05 bits per heavy atom. The highest BCUT2D eigenvalue weighted by molar-refractivity contribution is 9.10. The summed E-state index contributed by atoms with van der Waals surface area (Å²) in [6.45, 7) is 0.375. The van der Waals surface area contributed by atoms with Crippen molar-refractivity contribution >= 4 is 15.9 Å². The van der Waals surface area contributed by atoms with Gasteiger partial charge in [-0.1, -0.05) is 24.3 Å². The fourth-order valence-electron chi connectivity index (χ4n) is 1.93. The van der Waals surface area contributed by atoms with Gasteiger partial charge in [0.05, 0.1) is 12.2 Å². The third-order valence-corrected chi connectivity index (χ3v) is 3.57. The van der Waals surface area contributed by atoms with E-state index < -0.39 is 0 Å². The summed E-state index contributed by atoms with van der Waals surface area (Å²) >= 11 is 3.45. The monoisotopic (exact) mass is 331 g/mol. The minimum atomic E-state index is -0.228. The zero-order valence-corrected chi connectivity index (χ0v) is 12.1. The molecule has 100 valence electrons. The van der Waals surface area contributed by atoms with E-state index in [1.807, 2.05) is 30.3 Å². The van der Waals surface area contributed by atoms with Crippen molar-refractivity contribution in [3.05, 3.63) is 70.7 Å². The van der Waals surface area contributed by atoms with Gasteiger partial charge in [-0.05, 0) is 34.1 Å². The highest BCUT2D eigenvalue weighted by atomic mass is 79.9. The van der Waals surface area contributed by atoms with Crippen LogP contribution >= 0.6 is 15.9 Å². The molecule has 1 aromatic carbocycles. The molecule has 0 fully saturated rings. The second-order valence-corrected chi connectivity index (χ2v) is 5.13. The fraction of sp³-hybridized carbons (Fsp3) is 0.0667. The van der Waals surface area contributed by atoms with Gasteiger partial charge in [0.1, 0.15) is 16.1 Å². The van der Waals surface area contributed by atoms with Crippen molar-refractivity contribution in [1.29, 1.82) is 0 Å². The second kappa shape index (κ2) is 5.54. The number of benzene rings is 1. The molecule has 5 heteroatoms. The number of nitrogens with zero attached hydrogens (tertiary/aromatic N) is 3. The second-order valence-electron chi connectivity index (χ2n) is 4.32. The molecule has 0 saturated heterocycles. The first-order chi connectivity index (χ1) is 9.74. The molecule has 3 nitrogen and oxygen atoms in total. The Morgan fingerprint density at radius 2 is 1.85 bits per heavy atom. The number of rotatable bonds is 3. The summed E-state index contributed by atoms with van der Waals surface area (Å²) in [5.74, 6) is -0.228. The molecule has 0 amide bonds. The van der Waals surface area contributed by atoms with E-state index in [1.165, 1.54) is 6.07 Å². The van der Waals surface area contributed by atoms with Crippen LogP contribution in [0.25, 0.3) is 11.4 Å². The van der Waals surface area contributed by atoms with Crippen molar-refractivity contribution < 1.29 is 4.39 Å². The summed E-state index contributed by atoms with van der Waals surface area (Å²) in [6.07, 6.45) is 1.72. The van der Waals surface area contributed by atoms with E-state index in [0.717, 1.165) is 16.0 Å². The number of hydrogen-bond donors (Lipinski definition) is 0. The van der Waals surface area contributed by atoms with Crippen molar-refractivity contribution in [1.82, 2.24) is 14.8 Å². The van der Waals surface area contributed by atoms with Crippen molar-refractivity contribution in [3.63, 3.8) is 0 Å². The number of hydrogen-bond acceptors (Lipinski definition) is 2. The van der Waals surface area contributed by atoms with Crippen LogP contribution in [0.2, 0.25) is 0 Å². The molecule has 3 rings (SSSR count). The van der Waals surface area contributed by atoms with Crippen LogP contribution in [0.5, 0.6) is 0 Å². The molecule has 0 unspecified atom stereocenters. The molecule has 0 N–H and O–H groups in total. The molecular formula is C15H11BrFN3. The lowest BCUT2D eigenvalue weighted by Gasteiger charge is -2.04. The van der Waals surface area contributed by atoms with Gasteiger partial charge in [-0.2, -0.15) is 5.10 Å². The Hall–Kier alpha value is -2.01. The normalized spacial score (nSPS) is 10.7. The van der Waals surface area contributed by atoms with Crippen LogP contribution in [0.3, 0.4) is 0 Å². The van der Waals surface area contributed by atoms with E-state index in [1.54, 1.807) is 23.0 Å². The Bertz CT molecular complexity index is 725. The average Bonchev–Trinajstić information content (AvgIpc) is 2.84. The maximum absolute atomic E-state index is 13.7. The van der Waals surface area contributed by atoms with Gasteiger partial charge in [-0.25, -0.2) is 4.39 Å². The van der Waals surface area contributed by atoms with Crippen LogP contribution in [0, 0.1) is 5.82 Å². The molecule has 0 spiro atoms. The van der Waals surface area contributed by atoms with E-state index in [-0.39, 0.29) is 5.82 Å². The summed E-state index contributed by atoms with van der Waals surface area (Å²) in [7, 11) is 0. The van der Waals surface area contributed by atoms with Gasteiger partial charge >= 0.3 is 0 Å². The van der Waals surface area contributed by atoms with Crippen LogP contribution in [-0.2, 0) is 6.54 Å². The first-order valence-corrected chi connectivity index (χ1v) is 6.91. The lowest BCUT2D eigenvalue weighted by Crippen LogP contribution is -2.04. The molecule has 0 aliphatic heterocycles. The van der Waals surface area contributed by atoms with E-state index in [2.05, 4.69) is 26.0 Å². The molecular weight excluding hydrogens is 321 g/mol. The Morgan fingerprint density at radius 3 is 2.60 bits per heavy atom. The largest absolute Gasteiger partial charge is 0.255 e. The fourth-order valence-corrected chi connectivity index (χ4v) is 2.35. The first-order valence-electron chi connectivity index (χ1n) is 6.12. The molecule has 2 aromatic heterocycles. The van der Waals surface area contributed by atoms with Gasteiger partial charge in [0.15, 0.2) is 0 Å². The number of aromatic nitrogens is 3. The van der Waals surface area contributed by atoms with Crippen molar-refractivity contribution in [2.45, 2.75) is 6.54 Å². The Balaban J connectivity index is 1.92. The van der Waals surface area contributed by atoms with Crippen LogP contribution in [0.1, 0.15) is 5.56 Å². The van der Waals surface area contributed by atoms with Crippen LogP contribution in [0.15, 0.2) is 59.3 Å². The van der Waals surface area contributed by atoms with Crippen molar-refractivity contribution in [3.8, 4) is 11.4 Å². The molecule has 0 saturated carbocycles. The SMILES string of the molecule is Fc1ccccc1Cn1nc(-c2ccccn2)cc1Br. The van der Waals surface area contributed by atoms with Crippen LogP contribution < -0.4 is 0 Å². The first kappa shape index (κ1) is 13.0. The topological polar surface area (TPSA) is 30.7 Å². The molecule has 0 radical (unpaired) electrons. The van der Waals surface area contributed by atoms with Crippen molar-refractivity contribution in [2.24, 2.45) is 0 Å². The van der Waals surface area contributed by atoms with Gasteiger partial charge in [0, 0.05) is 17.8 Å². The summed E-state index contributed by atoms with van der Waals surface area (Å²) in [6, 6.07) is 14.2. The van der Waals surface area contributed by atoms with Gasteiger partial charge < -0.3 is 0 Å². The summed E-state index contributed by atoms with van der Waals surface area (Å²) < 4.78 is 16.2. The molecule has 0 aliphatic rings. The molecule has 0 atom stereocenters. The number of halogens is 2. The lowest BCUT2D eigenvalue weighted by atomic mass is 10.2. The maximum atomic E-state index is 13.7.